The Balaban J connectivity index is 1.52. The molecule has 3 fully saturated rings. The number of hydrogen-bond donors (Lipinski definition) is 0. The van der Waals surface area contributed by atoms with Crippen LogP contribution >= 0.6 is 0 Å². The van der Waals surface area contributed by atoms with Gasteiger partial charge in [-0.05, 0) is 69.1 Å². The molecule has 1 aliphatic heterocycles. The van der Waals surface area contributed by atoms with E-state index in [1.165, 1.54) is 19.3 Å². The molecule has 24 heavy (non-hydrogen) atoms. The Morgan fingerprint density at radius 2 is 1.58 bits per heavy atom. The van der Waals surface area contributed by atoms with Crippen molar-refractivity contribution >= 4 is 0 Å². The van der Waals surface area contributed by atoms with Crippen LogP contribution in [-0.2, 0) is 4.74 Å². The predicted molar refractivity (Wildman–Crippen MR) is 93.9 cm³/mol. The summed E-state index contributed by atoms with van der Waals surface area (Å²) in [5, 5.41) is 0. The van der Waals surface area contributed by atoms with Gasteiger partial charge in [-0.1, -0.05) is 44.8 Å². The normalized spacial score (nSPS) is 42.8. The minimum Gasteiger partial charge on any atom is -0.316 e. The molecule has 0 bridgehead atoms. The second kappa shape index (κ2) is 7.85. The highest BCUT2D eigenvalue weighted by molar-refractivity contribution is 4.98. The number of hydrogen-bond acceptors (Lipinski definition) is 1. The van der Waals surface area contributed by atoms with Crippen molar-refractivity contribution in [2.45, 2.75) is 90.3 Å². The molecule has 3 aliphatic rings. The summed E-state index contributed by atoms with van der Waals surface area (Å²) < 4.78 is 33.5. The van der Waals surface area contributed by atoms with E-state index in [-0.39, 0.29) is 12.0 Å². The number of allylic oxidation sites excluding steroid dienone is 2. The van der Waals surface area contributed by atoms with Crippen LogP contribution in [0.2, 0.25) is 0 Å². The Bertz CT molecular complexity index is 418. The lowest BCUT2D eigenvalue weighted by Crippen LogP contribution is -2.61. The second-order valence-electron chi connectivity index (χ2n) is 8.62. The molecule has 0 spiro atoms. The summed E-state index contributed by atoms with van der Waals surface area (Å²) >= 11 is 0. The van der Waals surface area contributed by atoms with Gasteiger partial charge in [0.2, 0.25) is 0 Å². The Labute approximate surface area is 146 Å². The Morgan fingerprint density at radius 1 is 0.958 bits per heavy atom. The predicted octanol–water partition coefficient (Wildman–Crippen LogP) is 6.58. The van der Waals surface area contributed by atoms with Gasteiger partial charge in [0.1, 0.15) is 0 Å². The van der Waals surface area contributed by atoms with E-state index in [9.17, 15) is 8.78 Å². The molecule has 1 saturated heterocycles. The van der Waals surface area contributed by atoms with Gasteiger partial charge in [-0.2, -0.15) is 8.78 Å². The van der Waals surface area contributed by atoms with Crippen molar-refractivity contribution in [3.63, 3.8) is 0 Å². The number of alkyl halides is 2. The molecule has 0 amide bonds. The minimum atomic E-state index is -2.86. The third-order valence-corrected chi connectivity index (χ3v) is 6.94. The average Bonchev–Trinajstić information content (AvgIpc) is 2.56. The zero-order valence-electron chi connectivity index (χ0n) is 15.4. The van der Waals surface area contributed by atoms with Crippen LogP contribution in [0.5, 0.6) is 0 Å². The molecule has 3 rings (SSSR count). The van der Waals surface area contributed by atoms with Crippen LogP contribution in [0.25, 0.3) is 0 Å². The van der Waals surface area contributed by atoms with Crippen LogP contribution in [0.1, 0.15) is 78.1 Å². The summed E-state index contributed by atoms with van der Waals surface area (Å²) in [6.45, 7) is 4.33. The lowest BCUT2D eigenvalue weighted by atomic mass is 9.66. The molecule has 2 aliphatic carbocycles. The van der Waals surface area contributed by atoms with Crippen molar-refractivity contribution in [1.82, 2.24) is 0 Å². The van der Waals surface area contributed by atoms with Crippen molar-refractivity contribution in [2.75, 3.05) is 0 Å². The van der Waals surface area contributed by atoms with Gasteiger partial charge in [0.05, 0.1) is 12.0 Å². The standard InChI is InChI=1S/C21H34F2O/c1-3-4-5-6-16-9-13-17(14-10-16)19-20(24-21(19,22)23)18-11-7-15(2)8-12-18/h3-4,15-20H,5-14H2,1-2H3/b4-3+/t15?,16-,17-,18?,19-,20-/m0/s1. The van der Waals surface area contributed by atoms with Crippen LogP contribution in [0.3, 0.4) is 0 Å². The van der Waals surface area contributed by atoms with Gasteiger partial charge in [0.15, 0.2) is 0 Å². The summed E-state index contributed by atoms with van der Waals surface area (Å²) in [6.07, 6.45) is 12.4. The second-order valence-corrected chi connectivity index (χ2v) is 8.62. The van der Waals surface area contributed by atoms with Crippen LogP contribution in [0.4, 0.5) is 8.78 Å². The van der Waals surface area contributed by atoms with Crippen molar-refractivity contribution in [1.29, 1.82) is 0 Å². The summed E-state index contributed by atoms with van der Waals surface area (Å²) in [5.41, 5.74) is 0. The fraction of sp³-hybridized carbons (Fsp3) is 0.905. The van der Waals surface area contributed by atoms with E-state index in [1.807, 2.05) is 0 Å². The van der Waals surface area contributed by atoms with Gasteiger partial charge in [0, 0.05) is 0 Å². The van der Waals surface area contributed by atoms with Gasteiger partial charge in [-0.3, -0.25) is 0 Å². The Kier molecular flexibility index (Phi) is 6.00. The van der Waals surface area contributed by atoms with Crippen molar-refractivity contribution in [2.24, 2.45) is 29.6 Å². The van der Waals surface area contributed by atoms with Crippen LogP contribution < -0.4 is 0 Å². The van der Waals surface area contributed by atoms with Gasteiger partial charge in [-0.25, -0.2) is 0 Å². The van der Waals surface area contributed by atoms with E-state index in [2.05, 4.69) is 26.0 Å². The minimum absolute atomic E-state index is 0.169. The fourth-order valence-corrected chi connectivity index (χ4v) is 5.33. The quantitative estimate of drug-likeness (QED) is 0.513. The first kappa shape index (κ1) is 18.4. The molecule has 0 aromatic carbocycles. The van der Waals surface area contributed by atoms with E-state index >= 15 is 0 Å². The first-order chi connectivity index (χ1) is 11.5. The van der Waals surface area contributed by atoms with E-state index in [4.69, 9.17) is 4.74 Å². The first-order valence-electron chi connectivity index (χ1n) is 10.2. The van der Waals surface area contributed by atoms with E-state index in [0.717, 1.165) is 56.8 Å². The molecule has 0 aromatic rings. The van der Waals surface area contributed by atoms with Crippen LogP contribution in [-0.4, -0.2) is 12.2 Å². The largest absolute Gasteiger partial charge is 0.361 e. The first-order valence-corrected chi connectivity index (χ1v) is 10.2. The molecule has 0 radical (unpaired) electrons. The topological polar surface area (TPSA) is 9.23 Å². The SMILES string of the molecule is C/C=C/CC[C@H]1CC[C@H]([C@H]2[C@H](C3CCC(C)CC3)OC2(F)F)CC1. The maximum atomic E-state index is 14.2. The highest BCUT2D eigenvalue weighted by Gasteiger charge is 2.62. The molecule has 0 N–H and O–H groups in total. The fourth-order valence-electron chi connectivity index (χ4n) is 5.33. The monoisotopic (exact) mass is 340 g/mol. The van der Waals surface area contributed by atoms with Crippen molar-refractivity contribution in [3.05, 3.63) is 12.2 Å². The molecule has 138 valence electrons. The summed E-state index contributed by atoms with van der Waals surface area (Å²) in [7, 11) is 0. The Hall–Kier alpha value is -0.440. The molecule has 2 atom stereocenters. The Morgan fingerprint density at radius 3 is 2.17 bits per heavy atom. The number of rotatable bonds is 5. The average molecular weight is 340 g/mol. The van der Waals surface area contributed by atoms with Crippen molar-refractivity contribution < 1.29 is 13.5 Å². The summed E-state index contributed by atoms with van der Waals surface area (Å²) in [5.74, 6) is 1.54. The van der Waals surface area contributed by atoms with Gasteiger partial charge >= 0.3 is 6.11 Å². The van der Waals surface area contributed by atoms with Gasteiger partial charge in [-0.15, -0.1) is 0 Å². The molecule has 1 heterocycles. The molecule has 0 aromatic heterocycles. The lowest BCUT2D eigenvalue weighted by Gasteiger charge is -2.53. The zero-order chi connectivity index (χ0) is 17.2. The number of ether oxygens (including phenoxy) is 1. The maximum absolute atomic E-state index is 14.2. The highest BCUT2D eigenvalue weighted by atomic mass is 19.3. The third kappa shape index (κ3) is 4.03. The molecule has 1 nitrogen and oxygen atoms in total. The molecular formula is C21H34F2O. The smallest absolute Gasteiger partial charge is 0.316 e. The molecular weight excluding hydrogens is 306 g/mol. The summed E-state index contributed by atoms with van der Waals surface area (Å²) in [4.78, 5) is 0. The van der Waals surface area contributed by atoms with Crippen LogP contribution in [0.15, 0.2) is 12.2 Å². The van der Waals surface area contributed by atoms with Gasteiger partial charge < -0.3 is 4.74 Å². The van der Waals surface area contributed by atoms with Gasteiger partial charge in [0.25, 0.3) is 0 Å². The summed E-state index contributed by atoms with van der Waals surface area (Å²) in [6, 6.07) is 0. The van der Waals surface area contributed by atoms with E-state index in [1.54, 1.807) is 0 Å². The molecule has 2 saturated carbocycles. The molecule has 0 unspecified atom stereocenters. The highest BCUT2D eigenvalue weighted by Crippen LogP contribution is 2.55. The molecule has 3 heteroatoms. The van der Waals surface area contributed by atoms with E-state index < -0.39 is 12.0 Å². The number of halogens is 2. The zero-order valence-corrected chi connectivity index (χ0v) is 15.4. The maximum Gasteiger partial charge on any atom is 0.361 e. The van der Waals surface area contributed by atoms with E-state index in [0.29, 0.717) is 5.92 Å². The third-order valence-electron chi connectivity index (χ3n) is 6.94. The lowest BCUT2D eigenvalue weighted by molar-refractivity contribution is -0.418. The van der Waals surface area contributed by atoms with Crippen LogP contribution in [0, 0.1) is 29.6 Å². The van der Waals surface area contributed by atoms with Crippen molar-refractivity contribution in [3.8, 4) is 0 Å².